The van der Waals surface area contributed by atoms with Crippen LogP contribution in [0.15, 0.2) is 30.9 Å². The molecular formula is C39H51F3. The first-order chi connectivity index (χ1) is 20.5. The molecule has 0 spiro atoms. The highest BCUT2D eigenvalue weighted by molar-refractivity contribution is 6.03. The van der Waals surface area contributed by atoms with Gasteiger partial charge in [0, 0.05) is 11.1 Å². The Kier molecular flexibility index (Phi) is 9.51. The van der Waals surface area contributed by atoms with Crippen LogP contribution in [0.3, 0.4) is 0 Å². The van der Waals surface area contributed by atoms with Gasteiger partial charge in [-0.2, -0.15) is 0 Å². The van der Waals surface area contributed by atoms with E-state index in [0.29, 0.717) is 40.5 Å². The maximum Gasteiger partial charge on any atom is 0.167 e. The van der Waals surface area contributed by atoms with E-state index in [4.69, 9.17) is 0 Å². The first-order valence-electron chi connectivity index (χ1n) is 17.4. The highest BCUT2D eigenvalue weighted by Crippen LogP contribution is 2.54. The van der Waals surface area contributed by atoms with Gasteiger partial charge in [0.1, 0.15) is 5.82 Å². The third kappa shape index (κ3) is 6.00. The predicted octanol–water partition coefficient (Wildman–Crippen LogP) is 12.3. The zero-order valence-corrected chi connectivity index (χ0v) is 25.8. The molecule has 0 heterocycles. The molecule has 0 unspecified atom stereocenters. The van der Waals surface area contributed by atoms with Crippen LogP contribution >= 0.6 is 0 Å². The van der Waals surface area contributed by atoms with E-state index in [2.05, 4.69) is 19.6 Å². The Morgan fingerprint density at radius 3 is 1.98 bits per heavy atom. The maximum absolute atomic E-state index is 15.6. The van der Waals surface area contributed by atoms with Gasteiger partial charge in [0.2, 0.25) is 0 Å². The standard InChI is InChI=1S/C39H51F3/c1-3-5-6-7-26-12-15-28(16-13-26)29-18-20-30(21-19-29)33-24-34-32-23-22-31(17-14-27-10-8-25(4-2)9-11-27)37(40)35(32)36(34)39(42)38(33)41/h4,22-30H,2-3,5-21H2,1H3. The van der Waals surface area contributed by atoms with E-state index in [9.17, 15) is 0 Å². The zero-order valence-electron chi connectivity index (χ0n) is 25.8. The van der Waals surface area contributed by atoms with Gasteiger partial charge in [-0.25, -0.2) is 13.2 Å². The van der Waals surface area contributed by atoms with Crippen molar-refractivity contribution in [3.8, 4) is 22.3 Å². The van der Waals surface area contributed by atoms with Crippen molar-refractivity contribution in [2.75, 3.05) is 0 Å². The van der Waals surface area contributed by atoms with Gasteiger partial charge in [0.05, 0.1) is 0 Å². The molecule has 0 aromatic heterocycles. The third-order valence-electron chi connectivity index (χ3n) is 12.0. The Hall–Kier alpha value is -2.03. The van der Waals surface area contributed by atoms with Gasteiger partial charge in [-0.1, -0.05) is 63.7 Å². The van der Waals surface area contributed by atoms with E-state index in [0.717, 1.165) is 68.3 Å². The van der Waals surface area contributed by atoms with E-state index in [1.165, 1.54) is 64.2 Å². The second-order valence-corrected chi connectivity index (χ2v) is 14.4. The van der Waals surface area contributed by atoms with Crippen molar-refractivity contribution < 1.29 is 13.2 Å². The summed E-state index contributed by atoms with van der Waals surface area (Å²) in [5.74, 6) is 1.86. The molecule has 3 heteroatoms. The van der Waals surface area contributed by atoms with Crippen molar-refractivity contribution in [3.63, 3.8) is 0 Å². The SMILES string of the molecule is C=CC1CCC(CCc2ccc3c(c2F)-c2c-3cc(C3CCC(C4CCC(CCCCC)CC4)CC3)c(F)c2F)CC1. The van der Waals surface area contributed by atoms with E-state index >= 15 is 13.2 Å². The first kappa shape index (κ1) is 30.0. The molecule has 2 aromatic rings. The van der Waals surface area contributed by atoms with Gasteiger partial charge in [0.15, 0.2) is 11.6 Å². The Morgan fingerprint density at radius 1 is 0.690 bits per heavy atom. The second kappa shape index (κ2) is 13.3. The largest absolute Gasteiger partial charge is 0.206 e. The number of aryl methyl sites for hydroxylation is 1. The number of hydrogen-bond acceptors (Lipinski definition) is 0. The van der Waals surface area contributed by atoms with Crippen LogP contribution in [-0.2, 0) is 6.42 Å². The van der Waals surface area contributed by atoms with Crippen molar-refractivity contribution in [2.24, 2.45) is 29.6 Å². The second-order valence-electron chi connectivity index (χ2n) is 14.4. The number of fused-ring (bicyclic) bond motifs is 4. The van der Waals surface area contributed by atoms with Crippen molar-refractivity contribution in [2.45, 2.75) is 128 Å². The Bertz CT molecular complexity index is 1240. The van der Waals surface area contributed by atoms with Crippen LogP contribution in [0.25, 0.3) is 22.3 Å². The van der Waals surface area contributed by atoms with E-state index < -0.39 is 11.6 Å². The third-order valence-corrected chi connectivity index (χ3v) is 12.0. The molecule has 3 fully saturated rings. The number of allylic oxidation sites excluding steroid dienone is 1. The van der Waals surface area contributed by atoms with Gasteiger partial charge in [-0.15, -0.1) is 6.58 Å². The van der Waals surface area contributed by atoms with Crippen LogP contribution in [0.5, 0.6) is 0 Å². The molecular weight excluding hydrogens is 525 g/mol. The summed E-state index contributed by atoms with van der Waals surface area (Å²) in [5.41, 5.74) is 3.09. The average molecular weight is 577 g/mol. The summed E-state index contributed by atoms with van der Waals surface area (Å²) in [5, 5.41) is 0. The van der Waals surface area contributed by atoms with Gasteiger partial charge in [-0.05, 0) is 141 Å². The molecule has 2 aromatic carbocycles. The van der Waals surface area contributed by atoms with Crippen LogP contribution in [0.2, 0.25) is 0 Å². The molecule has 0 nitrogen and oxygen atoms in total. The number of unbranched alkanes of at least 4 members (excludes halogenated alkanes) is 2. The summed E-state index contributed by atoms with van der Waals surface area (Å²) in [6, 6.07) is 5.69. The van der Waals surface area contributed by atoms with Gasteiger partial charge >= 0.3 is 0 Å². The molecule has 4 aliphatic carbocycles. The minimum atomic E-state index is -0.836. The Labute approximate surface area is 252 Å². The van der Waals surface area contributed by atoms with Crippen molar-refractivity contribution in [1.29, 1.82) is 0 Å². The number of rotatable bonds is 10. The zero-order chi connectivity index (χ0) is 29.2. The fourth-order valence-electron chi connectivity index (χ4n) is 9.22. The van der Waals surface area contributed by atoms with Crippen LogP contribution in [0.4, 0.5) is 13.2 Å². The molecule has 0 atom stereocenters. The smallest absolute Gasteiger partial charge is 0.167 e. The summed E-state index contributed by atoms with van der Waals surface area (Å²) in [6.07, 6.45) is 23.4. The highest BCUT2D eigenvalue weighted by Gasteiger charge is 2.37. The van der Waals surface area contributed by atoms with Crippen molar-refractivity contribution in [1.82, 2.24) is 0 Å². The van der Waals surface area contributed by atoms with Crippen molar-refractivity contribution >= 4 is 0 Å². The van der Waals surface area contributed by atoms with Gasteiger partial charge in [-0.3, -0.25) is 0 Å². The van der Waals surface area contributed by atoms with Crippen LogP contribution in [0.1, 0.15) is 133 Å². The molecule has 0 saturated heterocycles. The fraction of sp³-hybridized carbons (Fsp3) is 0.641. The van der Waals surface area contributed by atoms with Gasteiger partial charge in [0.25, 0.3) is 0 Å². The summed E-state index contributed by atoms with van der Waals surface area (Å²) < 4.78 is 46.8. The number of hydrogen-bond donors (Lipinski definition) is 0. The van der Waals surface area contributed by atoms with E-state index in [1.807, 2.05) is 18.2 Å². The molecule has 0 N–H and O–H groups in total. The summed E-state index contributed by atoms with van der Waals surface area (Å²) >= 11 is 0. The molecule has 0 bridgehead atoms. The average Bonchev–Trinajstić information content (AvgIpc) is 3.01. The first-order valence-corrected chi connectivity index (χ1v) is 17.4. The summed E-state index contributed by atoms with van der Waals surface area (Å²) in [6.45, 7) is 6.21. The van der Waals surface area contributed by atoms with Crippen LogP contribution in [-0.4, -0.2) is 0 Å². The molecule has 6 rings (SSSR count). The lowest BCUT2D eigenvalue weighted by atomic mass is 9.67. The van der Waals surface area contributed by atoms with Crippen LogP contribution < -0.4 is 0 Å². The molecule has 228 valence electrons. The normalized spacial score (nSPS) is 29.0. The quantitative estimate of drug-likeness (QED) is 0.166. The maximum atomic E-state index is 15.6. The highest BCUT2D eigenvalue weighted by atomic mass is 19.2. The molecule has 4 aliphatic rings. The number of halogens is 3. The number of benzene rings is 2. The predicted molar refractivity (Wildman–Crippen MR) is 169 cm³/mol. The Balaban J connectivity index is 1.07. The summed E-state index contributed by atoms with van der Waals surface area (Å²) in [4.78, 5) is 0. The molecule has 0 amide bonds. The lowest BCUT2D eigenvalue weighted by Crippen LogP contribution is -2.26. The summed E-state index contributed by atoms with van der Waals surface area (Å²) in [7, 11) is 0. The molecule has 0 aliphatic heterocycles. The molecule has 3 saturated carbocycles. The topological polar surface area (TPSA) is 0 Å². The van der Waals surface area contributed by atoms with Crippen LogP contribution in [0, 0.1) is 47.0 Å². The van der Waals surface area contributed by atoms with E-state index in [1.54, 1.807) is 0 Å². The molecule has 42 heavy (non-hydrogen) atoms. The molecule has 0 radical (unpaired) electrons. The van der Waals surface area contributed by atoms with Gasteiger partial charge < -0.3 is 0 Å². The lowest BCUT2D eigenvalue weighted by molar-refractivity contribution is 0.155. The Morgan fingerprint density at radius 2 is 1.31 bits per heavy atom. The minimum absolute atomic E-state index is 0.0655. The lowest BCUT2D eigenvalue weighted by Gasteiger charge is -2.38. The monoisotopic (exact) mass is 576 g/mol. The fourth-order valence-corrected chi connectivity index (χ4v) is 9.22. The minimum Gasteiger partial charge on any atom is -0.206 e. The van der Waals surface area contributed by atoms with E-state index in [-0.39, 0.29) is 17.3 Å². The van der Waals surface area contributed by atoms with Crippen molar-refractivity contribution in [3.05, 3.63) is 59.4 Å².